The summed E-state index contributed by atoms with van der Waals surface area (Å²) in [5.74, 6) is -0.697. The summed E-state index contributed by atoms with van der Waals surface area (Å²) in [6, 6.07) is 0. The summed E-state index contributed by atoms with van der Waals surface area (Å²) in [6.45, 7) is 3.16. The number of anilines is 1. The number of hydrogen-bond acceptors (Lipinski definition) is 9. The number of rotatable bonds is 6. The molecule has 0 aliphatic heterocycles. The van der Waals surface area contributed by atoms with E-state index in [0.717, 1.165) is 23.1 Å². The number of nitrogens with two attached hydrogens (primary N) is 1. The minimum Gasteiger partial charge on any atom is -0.461 e. The van der Waals surface area contributed by atoms with Crippen molar-refractivity contribution in [1.29, 1.82) is 0 Å². The highest BCUT2D eigenvalue weighted by Gasteiger charge is 2.28. The summed E-state index contributed by atoms with van der Waals surface area (Å²) in [5.41, 5.74) is 5.42. The predicted molar refractivity (Wildman–Crippen MR) is 76.6 cm³/mol. The molecule has 0 aromatic carbocycles. The Bertz CT molecular complexity index is 491. The molecule has 0 aliphatic carbocycles. The molecule has 2 unspecified atom stereocenters. The molecule has 0 spiro atoms. The number of carbonyl (C=O) groups excluding carboxylic acids is 2. The molecule has 1 heterocycles. The van der Waals surface area contributed by atoms with Gasteiger partial charge in [0, 0.05) is 12.7 Å². The summed E-state index contributed by atoms with van der Waals surface area (Å²) in [5, 5.41) is 19.8. The molecule has 4 N–H and O–H groups in total. The number of hydrogen-bond donors (Lipinski definition) is 3. The largest absolute Gasteiger partial charge is 0.461 e. The van der Waals surface area contributed by atoms with E-state index in [1.54, 1.807) is 6.92 Å². The lowest BCUT2D eigenvalue weighted by Crippen LogP contribution is -2.22. The molecular formula is C11H16N2O5S2. The lowest BCUT2D eigenvalue weighted by atomic mass is 10.1. The lowest BCUT2D eigenvalue weighted by Gasteiger charge is -2.16. The number of thiazole rings is 1. The number of aliphatic hydroxyl groups excluding tert-OH is 2. The van der Waals surface area contributed by atoms with E-state index in [4.69, 9.17) is 10.5 Å². The van der Waals surface area contributed by atoms with Crippen LogP contribution in [0.1, 0.15) is 35.3 Å². The van der Waals surface area contributed by atoms with Gasteiger partial charge in [-0.1, -0.05) is 23.1 Å². The number of carbonyl (C=O) groups is 2. The van der Waals surface area contributed by atoms with Gasteiger partial charge in [-0.2, -0.15) is 0 Å². The van der Waals surface area contributed by atoms with E-state index in [-0.39, 0.29) is 33.2 Å². The molecule has 0 radical (unpaired) electrons. The highest BCUT2D eigenvalue weighted by molar-refractivity contribution is 8.13. The zero-order chi connectivity index (χ0) is 15.3. The second-order valence-electron chi connectivity index (χ2n) is 3.80. The van der Waals surface area contributed by atoms with Crippen LogP contribution in [0.2, 0.25) is 0 Å². The van der Waals surface area contributed by atoms with Crippen molar-refractivity contribution >= 4 is 39.3 Å². The summed E-state index contributed by atoms with van der Waals surface area (Å²) < 4.78 is 4.81. The second-order valence-corrected chi connectivity index (χ2v) is 6.06. The molecule has 1 aromatic rings. The smallest absolute Gasteiger partial charge is 0.358 e. The van der Waals surface area contributed by atoms with Crippen molar-refractivity contribution in [3.05, 3.63) is 10.6 Å². The van der Waals surface area contributed by atoms with E-state index in [1.165, 1.54) is 6.92 Å². The number of thioether (sulfide) groups is 1. The van der Waals surface area contributed by atoms with Gasteiger partial charge < -0.3 is 20.7 Å². The molecule has 0 bridgehead atoms. The van der Waals surface area contributed by atoms with Gasteiger partial charge in [-0.15, -0.1) is 0 Å². The van der Waals surface area contributed by atoms with Gasteiger partial charge in [0.25, 0.3) is 0 Å². The normalized spacial score (nSPS) is 13.8. The molecule has 0 fully saturated rings. The third-order valence-corrected chi connectivity index (χ3v) is 4.10. The summed E-state index contributed by atoms with van der Waals surface area (Å²) in [4.78, 5) is 26.5. The van der Waals surface area contributed by atoms with Crippen LogP contribution in [-0.2, 0) is 9.53 Å². The average Bonchev–Trinajstić information content (AvgIpc) is 2.77. The quantitative estimate of drug-likeness (QED) is 0.650. The number of nitrogens with zero attached hydrogens (tertiary/aromatic N) is 1. The molecule has 20 heavy (non-hydrogen) atoms. The van der Waals surface area contributed by atoms with Crippen molar-refractivity contribution in [1.82, 2.24) is 4.98 Å². The average molecular weight is 320 g/mol. The van der Waals surface area contributed by atoms with E-state index >= 15 is 0 Å². The van der Waals surface area contributed by atoms with Gasteiger partial charge in [0.2, 0.25) is 0 Å². The number of aliphatic hydroxyl groups is 2. The van der Waals surface area contributed by atoms with Crippen LogP contribution in [0.4, 0.5) is 5.13 Å². The van der Waals surface area contributed by atoms with Gasteiger partial charge >= 0.3 is 5.97 Å². The van der Waals surface area contributed by atoms with Crippen LogP contribution in [0.25, 0.3) is 0 Å². The SMILES string of the molecule is CCOC(=O)c1nc(N)sc1C(O)C(O)CSC(C)=O. The van der Waals surface area contributed by atoms with Gasteiger partial charge in [-0.25, -0.2) is 9.78 Å². The van der Waals surface area contributed by atoms with Gasteiger partial charge in [0.15, 0.2) is 15.9 Å². The van der Waals surface area contributed by atoms with E-state index in [0.29, 0.717) is 0 Å². The number of ether oxygens (including phenoxy) is 1. The maximum Gasteiger partial charge on any atom is 0.358 e. The van der Waals surface area contributed by atoms with Crippen molar-refractivity contribution < 1.29 is 24.5 Å². The molecule has 0 amide bonds. The Labute approximate surface area is 124 Å². The first-order chi connectivity index (χ1) is 9.36. The maximum absolute atomic E-state index is 11.7. The molecular weight excluding hydrogens is 304 g/mol. The van der Waals surface area contributed by atoms with Crippen LogP contribution in [0.3, 0.4) is 0 Å². The Kier molecular flexibility index (Phi) is 6.40. The number of aromatic nitrogens is 1. The Hall–Kier alpha value is -1.16. The molecule has 0 saturated carbocycles. The highest BCUT2D eigenvalue weighted by atomic mass is 32.2. The van der Waals surface area contributed by atoms with E-state index in [2.05, 4.69) is 4.98 Å². The molecule has 0 saturated heterocycles. The standard InChI is InChI=1S/C11H16N2O5S2/c1-3-18-10(17)7-9(20-11(12)13-7)8(16)6(15)4-19-5(2)14/h6,8,15-16H,3-4H2,1-2H3,(H2,12,13). The van der Waals surface area contributed by atoms with Gasteiger partial charge in [-0.05, 0) is 6.92 Å². The molecule has 1 aromatic heterocycles. The predicted octanol–water partition coefficient (Wildman–Crippen LogP) is 0.576. The van der Waals surface area contributed by atoms with E-state index in [1.807, 2.05) is 0 Å². The van der Waals surface area contributed by atoms with Crippen molar-refractivity contribution in [2.45, 2.75) is 26.1 Å². The fourth-order valence-electron chi connectivity index (χ4n) is 1.36. The third-order valence-electron chi connectivity index (χ3n) is 2.23. The highest BCUT2D eigenvalue weighted by Crippen LogP contribution is 2.30. The maximum atomic E-state index is 11.7. The Morgan fingerprint density at radius 3 is 2.70 bits per heavy atom. The Morgan fingerprint density at radius 1 is 1.50 bits per heavy atom. The van der Waals surface area contributed by atoms with E-state index < -0.39 is 18.2 Å². The molecule has 1 rings (SSSR count). The number of nitrogen functional groups attached to an aromatic ring is 1. The van der Waals surface area contributed by atoms with Crippen molar-refractivity contribution in [2.24, 2.45) is 0 Å². The van der Waals surface area contributed by atoms with Crippen LogP contribution in [-0.4, -0.2) is 44.7 Å². The topological polar surface area (TPSA) is 123 Å². The van der Waals surface area contributed by atoms with Gasteiger partial charge in [0.1, 0.15) is 6.10 Å². The fraction of sp³-hybridized carbons (Fsp3) is 0.545. The Morgan fingerprint density at radius 2 is 2.15 bits per heavy atom. The zero-order valence-electron chi connectivity index (χ0n) is 11.0. The summed E-state index contributed by atoms with van der Waals surface area (Å²) in [7, 11) is 0. The van der Waals surface area contributed by atoms with Crippen molar-refractivity contribution in [3.8, 4) is 0 Å². The first-order valence-electron chi connectivity index (χ1n) is 5.79. The van der Waals surface area contributed by atoms with E-state index in [9.17, 15) is 19.8 Å². The van der Waals surface area contributed by atoms with Crippen molar-refractivity contribution in [3.63, 3.8) is 0 Å². The zero-order valence-corrected chi connectivity index (χ0v) is 12.7. The molecule has 2 atom stereocenters. The van der Waals surface area contributed by atoms with Gasteiger partial charge in [0.05, 0.1) is 17.6 Å². The minimum atomic E-state index is -1.35. The minimum absolute atomic E-state index is 0.0105. The van der Waals surface area contributed by atoms with Crippen LogP contribution < -0.4 is 5.73 Å². The van der Waals surface area contributed by atoms with Crippen LogP contribution in [0, 0.1) is 0 Å². The van der Waals surface area contributed by atoms with Crippen LogP contribution in [0.5, 0.6) is 0 Å². The summed E-state index contributed by atoms with van der Waals surface area (Å²) in [6.07, 6.45) is -2.56. The Balaban J connectivity index is 2.88. The van der Waals surface area contributed by atoms with Crippen molar-refractivity contribution in [2.75, 3.05) is 18.1 Å². The summed E-state index contributed by atoms with van der Waals surface area (Å²) >= 11 is 1.78. The van der Waals surface area contributed by atoms with Gasteiger partial charge in [-0.3, -0.25) is 4.79 Å². The van der Waals surface area contributed by atoms with Crippen LogP contribution in [0.15, 0.2) is 0 Å². The fourth-order valence-corrected chi connectivity index (χ4v) is 2.82. The monoisotopic (exact) mass is 320 g/mol. The number of esters is 1. The van der Waals surface area contributed by atoms with Crippen LogP contribution >= 0.6 is 23.1 Å². The molecule has 9 heteroatoms. The molecule has 7 nitrogen and oxygen atoms in total. The molecule has 112 valence electrons. The molecule has 0 aliphatic rings. The first kappa shape index (κ1) is 16.9. The second kappa shape index (κ2) is 7.58. The lowest BCUT2D eigenvalue weighted by molar-refractivity contribution is -0.109. The third kappa shape index (κ3) is 4.44. The first-order valence-corrected chi connectivity index (χ1v) is 7.59.